The third-order valence-corrected chi connectivity index (χ3v) is 4.61. The predicted octanol–water partition coefficient (Wildman–Crippen LogP) is 4.49. The summed E-state index contributed by atoms with van der Waals surface area (Å²) < 4.78 is 21.1. The van der Waals surface area contributed by atoms with E-state index in [1.54, 1.807) is 12.1 Å². The highest BCUT2D eigenvalue weighted by atomic mass is 127. The maximum atomic E-state index is 13.3. The van der Waals surface area contributed by atoms with Crippen LogP contribution in [0.3, 0.4) is 0 Å². The van der Waals surface area contributed by atoms with E-state index in [1.807, 2.05) is 18.2 Å². The molecule has 0 bridgehead atoms. The third-order valence-electron chi connectivity index (χ3n) is 3.22. The van der Waals surface area contributed by atoms with Crippen molar-refractivity contribution in [1.82, 2.24) is 5.43 Å². The molecule has 0 saturated carbocycles. The SMILES string of the molecule is NNC(c1cc2cc(F)ccc2o1)c1cc(I)ccc1Br. The van der Waals surface area contributed by atoms with Crippen LogP contribution in [0.25, 0.3) is 11.0 Å². The number of nitrogens with two attached hydrogens (primary N) is 1. The van der Waals surface area contributed by atoms with Crippen molar-refractivity contribution in [3.05, 3.63) is 67.6 Å². The number of halogens is 3. The molecule has 0 aliphatic carbocycles. The van der Waals surface area contributed by atoms with E-state index in [4.69, 9.17) is 10.3 Å². The number of hydrogen-bond donors (Lipinski definition) is 2. The maximum absolute atomic E-state index is 13.3. The maximum Gasteiger partial charge on any atom is 0.134 e. The molecule has 2 aromatic carbocycles. The number of benzene rings is 2. The smallest absolute Gasteiger partial charge is 0.134 e. The van der Waals surface area contributed by atoms with Crippen molar-refractivity contribution in [3.8, 4) is 0 Å². The van der Waals surface area contributed by atoms with Crippen molar-refractivity contribution in [2.45, 2.75) is 6.04 Å². The fraction of sp³-hybridized carbons (Fsp3) is 0.0667. The van der Waals surface area contributed by atoms with Crippen LogP contribution in [0.5, 0.6) is 0 Å². The molecule has 3 nitrogen and oxygen atoms in total. The van der Waals surface area contributed by atoms with Crippen molar-refractivity contribution in [3.63, 3.8) is 0 Å². The molecule has 0 radical (unpaired) electrons. The largest absolute Gasteiger partial charge is 0.459 e. The Labute approximate surface area is 142 Å². The van der Waals surface area contributed by atoms with E-state index in [0.717, 1.165) is 13.6 Å². The summed E-state index contributed by atoms with van der Waals surface area (Å²) in [6.07, 6.45) is 0. The first-order valence-corrected chi connectivity index (χ1v) is 8.06. The number of hydrogen-bond acceptors (Lipinski definition) is 3. The summed E-state index contributed by atoms with van der Waals surface area (Å²) in [5, 5.41) is 0.715. The molecule has 1 heterocycles. The van der Waals surface area contributed by atoms with Gasteiger partial charge in [0.15, 0.2) is 0 Å². The Bertz CT molecular complexity index is 805. The summed E-state index contributed by atoms with van der Waals surface area (Å²) in [6, 6.07) is 11.9. The van der Waals surface area contributed by atoms with Gasteiger partial charge in [-0.3, -0.25) is 5.84 Å². The summed E-state index contributed by atoms with van der Waals surface area (Å²) in [5.41, 5.74) is 4.35. The van der Waals surface area contributed by atoms with Gasteiger partial charge in [0.05, 0.1) is 0 Å². The van der Waals surface area contributed by atoms with Gasteiger partial charge in [-0.2, -0.15) is 0 Å². The van der Waals surface area contributed by atoms with E-state index in [1.165, 1.54) is 12.1 Å². The quantitative estimate of drug-likeness (QED) is 0.344. The molecule has 6 heteroatoms. The molecular formula is C15H11BrFIN2O. The molecular weight excluding hydrogens is 450 g/mol. The average Bonchev–Trinajstić information content (AvgIpc) is 2.86. The van der Waals surface area contributed by atoms with Gasteiger partial charge >= 0.3 is 0 Å². The van der Waals surface area contributed by atoms with Gasteiger partial charge in [0, 0.05) is 13.4 Å². The minimum Gasteiger partial charge on any atom is -0.459 e. The molecule has 0 amide bonds. The second-order valence-electron chi connectivity index (χ2n) is 4.60. The Hall–Kier alpha value is -0.960. The molecule has 0 aliphatic rings. The fourth-order valence-corrected chi connectivity index (χ4v) is 3.23. The molecule has 1 atom stereocenters. The molecule has 21 heavy (non-hydrogen) atoms. The number of hydrazine groups is 1. The number of furan rings is 1. The second-order valence-corrected chi connectivity index (χ2v) is 6.70. The Morgan fingerprint density at radius 1 is 1.19 bits per heavy atom. The van der Waals surface area contributed by atoms with Gasteiger partial charge in [-0.1, -0.05) is 15.9 Å². The lowest BCUT2D eigenvalue weighted by atomic mass is 10.1. The zero-order chi connectivity index (χ0) is 15.0. The molecule has 108 valence electrons. The van der Waals surface area contributed by atoms with Crippen LogP contribution in [-0.2, 0) is 0 Å². The van der Waals surface area contributed by atoms with Crippen molar-refractivity contribution < 1.29 is 8.81 Å². The summed E-state index contributed by atoms with van der Waals surface area (Å²) in [7, 11) is 0. The zero-order valence-corrected chi connectivity index (χ0v) is 14.5. The molecule has 3 N–H and O–H groups in total. The summed E-state index contributed by atoms with van der Waals surface area (Å²) >= 11 is 5.76. The van der Waals surface area contributed by atoms with E-state index in [2.05, 4.69) is 43.9 Å². The Morgan fingerprint density at radius 2 is 2.00 bits per heavy atom. The Morgan fingerprint density at radius 3 is 2.76 bits per heavy atom. The lowest BCUT2D eigenvalue weighted by Crippen LogP contribution is -2.28. The van der Waals surface area contributed by atoms with Crippen LogP contribution >= 0.6 is 38.5 Å². The normalized spacial score (nSPS) is 12.8. The van der Waals surface area contributed by atoms with Gasteiger partial charge in [-0.05, 0) is 70.6 Å². The first-order valence-electron chi connectivity index (χ1n) is 6.18. The molecule has 1 unspecified atom stereocenters. The predicted molar refractivity (Wildman–Crippen MR) is 92.2 cm³/mol. The van der Waals surface area contributed by atoms with Gasteiger partial charge < -0.3 is 4.42 Å². The molecule has 0 spiro atoms. The van der Waals surface area contributed by atoms with Crippen LogP contribution in [0.4, 0.5) is 4.39 Å². The zero-order valence-electron chi connectivity index (χ0n) is 10.7. The molecule has 0 aliphatic heterocycles. The monoisotopic (exact) mass is 460 g/mol. The van der Waals surface area contributed by atoms with Gasteiger partial charge in [0.2, 0.25) is 0 Å². The van der Waals surface area contributed by atoms with Crippen LogP contribution in [0, 0.1) is 9.39 Å². The van der Waals surface area contributed by atoms with E-state index in [9.17, 15) is 4.39 Å². The van der Waals surface area contributed by atoms with Crippen LogP contribution in [-0.4, -0.2) is 0 Å². The molecule has 0 saturated heterocycles. The highest BCUT2D eigenvalue weighted by Crippen LogP contribution is 2.32. The Balaban J connectivity index is 2.11. The number of nitrogens with one attached hydrogen (secondary N) is 1. The lowest BCUT2D eigenvalue weighted by molar-refractivity contribution is 0.476. The summed E-state index contributed by atoms with van der Waals surface area (Å²) in [4.78, 5) is 0. The first-order chi connectivity index (χ1) is 10.1. The van der Waals surface area contributed by atoms with Crippen LogP contribution < -0.4 is 11.3 Å². The van der Waals surface area contributed by atoms with Gasteiger partial charge in [0.1, 0.15) is 23.2 Å². The van der Waals surface area contributed by atoms with Crippen molar-refractivity contribution in [1.29, 1.82) is 0 Å². The van der Waals surface area contributed by atoms with Crippen molar-refractivity contribution >= 4 is 49.5 Å². The highest BCUT2D eigenvalue weighted by molar-refractivity contribution is 14.1. The summed E-state index contributed by atoms with van der Waals surface area (Å²) in [5.74, 6) is 6.05. The summed E-state index contributed by atoms with van der Waals surface area (Å²) in [6.45, 7) is 0. The van der Waals surface area contributed by atoms with E-state index >= 15 is 0 Å². The standard InChI is InChI=1S/C15H11BrFIN2O/c16-12-3-2-10(18)7-11(12)15(20-19)14-6-8-5-9(17)1-4-13(8)21-14/h1-7,15,20H,19H2. The molecule has 0 fully saturated rings. The molecule has 3 aromatic rings. The van der Waals surface area contributed by atoms with Gasteiger partial charge in [-0.15, -0.1) is 0 Å². The third kappa shape index (κ3) is 2.98. The first kappa shape index (κ1) is 15.0. The minimum atomic E-state index is -0.315. The van der Waals surface area contributed by atoms with E-state index in [-0.39, 0.29) is 11.9 Å². The van der Waals surface area contributed by atoms with Crippen LogP contribution in [0.2, 0.25) is 0 Å². The molecule has 1 aromatic heterocycles. The minimum absolute atomic E-state index is 0.289. The second kappa shape index (κ2) is 6.04. The van der Waals surface area contributed by atoms with Crippen LogP contribution in [0.15, 0.2) is 51.4 Å². The average molecular weight is 461 g/mol. The fourth-order valence-electron chi connectivity index (χ4n) is 2.24. The van der Waals surface area contributed by atoms with Crippen molar-refractivity contribution in [2.24, 2.45) is 5.84 Å². The topological polar surface area (TPSA) is 51.2 Å². The number of fused-ring (bicyclic) bond motifs is 1. The van der Waals surface area contributed by atoms with Crippen LogP contribution in [0.1, 0.15) is 17.4 Å². The lowest BCUT2D eigenvalue weighted by Gasteiger charge is -2.15. The van der Waals surface area contributed by atoms with E-state index in [0.29, 0.717) is 16.7 Å². The van der Waals surface area contributed by atoms with Gasteiger partial charge in [0.25, 0.3) is 0 Å². The van der Waals surface area contributed by atoms with Gasteiger partial charge in [-0.25, -0.2) is 9.82 Å². The highest BCUT2D eigenvalue weighted by Gasteiger charge is 2.20. The molecule has 3 rings (SSSR count). The number of rotatable bonds is 3. The van der Waals surface area contributed by atoms with E-state index < -0.39 is 0 Å². The van der Waals surface area contributed by atoms with Crippen molar-refractivity contribution in [2.75, 3.05) is 0 Å². The Kier molecular flexibility index (Phi) is 4.30.